The second kappa shape index (κ2) is 3.96. The first-order valence-electron chi connectivity index (χ1n) is 5.14. The van der Waals surface area contributed by atoms with Crippen molar-refractivity contribution >= 4 is 5.69 Å². The van der Waals surface area contributed by atoms with Crippen molar-refractivity contribution in [1.29, 1.82) is 0 Å². The van der Waals surface area contributed by atoms with Gasteiger partial charge in [0.15, 0.2) is 0 Å². The van der Waals surface area contributed by atoms with Crippen molar-refractivity contribution in [3.8, 4) is 0 Å². The van der Waals surface area contributed by atoms with Crippen molar-refractivity contribution in [2.45, 2.75) is 18.8 Å². The highest BCUT2D eigenvalue weighted by Crippen LogP contribution is 2.27. The Hall–Kier alpha value is -1.09. The Morgan fingerprint density at radius 2 is 2.07 bits per heavy atom. The molecule has 1 aromatic rings. The SMILES string of the molecule is CN1CCC(c2cncc(N)c2)CC1. The number of hydrogen-bond acceptors (Lipinski definition) is 3. The van der Waals surface area contributed by atoms with Gasteiger partial charge in [-0.2, -0.15) is 0 Å². The molecule has 14 heavy (non-hydrogen) atoms. The molecule has 1 saturated heterocycles. The Morgan fingerprint density at radius 3 is 2.71 bits per heavy atom. The minimum absolute atomic E-state index is 0.655. The summed E-state index contributed by atoms with van der Waals surface area (Å²) in [4.78, 5) is 6.51. The Kier molecular flexibility index (Phi) is 2.68. The molecule has 3 nitrogen and oxygen atoms in total. The molecule has 76 valence electrons. The van der Waals surface area contributed by atoms with E-state index in [2.05, 4.69) is 23.0 Å². The minimum atomic E-state index is 0.655. The zero-order valence-corrected chi connectivity index (χ0v) is 8.61. The number of nitrogens with two attached hydrogens (primary N) is 1. The van der Waals surface area contributed by atoms with Gasteiger partial charge in [-0.3, -0.25) is 4.98 Å². The molecule has 3 heteroatoms. The normalized spacial score (nSPS) is 19.8. The molecule has 1 aromatic heterocycles. The maximum Gasteiger partial charge on any atom is 0.0503 e. The first-order valence-corrected chi connectivity index (χ1v) is 5.14. The molecule has 1 aliphatic rings. The van der Waals surface area contributed by atoms with Crippen LogP contribution in [0.4, 0.5) is 5.69 Å². The molecular weight excluding hydrogens is 174 g/mol. The van der Waals surface area contributed by atoms with Crippen molar-refractivity contribution in [2.75, 3.05) is 25.9 Å². The highest BCUT2D eigenvalue weighted by Gasteiger charge is 2.18. The summed E-state index contributed by atoms with van der Waals surface area (Å²) in [5.41, 5.74) is 7.80. The van der Waals surface area contributed by atoms with Gasteiger partial charge >= 0.3 is 0 Å². The molecule has 0 amide bonds. The van der Waals surface area contributed by atoms with E-state index >= 15 is 0 Å². The summed E-state index contributed by atoms with van der Waals surface area (Å²) in [7, 11) is 2.17. The van der Waals surface area contributed by atoms with Crippen LogP contribution in [0.5, 0.6) is 0 Å². The van der Waals surface area contributed by atoms with Gasteiger partial charge in [0.2, 0.25) is 0 Å². The number of pyridine rings is 1. The molecule has 2 heterocycles. The lowest BCUT2D eigenvalue weighted by Gasteiger charge is -2.29. The second-order valence-corrected chi connectivity index (χ2v) is 4.13. The van der Waals surface area contributed by atoms with Crippen molar-refractivity contribution in [3.63, 3.8) is 0 Å². The minimum Gasteiger partial charge on any atom is -0.397 e. The molecule has 0 aromatic carbocycles. The zero-order valence-electron chi connectivity index (χ0n) is 8.61. The van der Waals surface area contributed by atoms with Crippen molar-refractivity contribution in [1.82, 2.24) is 9.88 Å². The topological polar surface area (TPSA) is 42.2 Å². The molecule has 1 fully saturated rings. The fourth-order valence-electron chi connectivity index (χ4n) is 2.04. The first-order chi connectivity index (χ1) is 6.75. The lowest BCUT2D eigenvalue weighted by Crippen LogP contribution is -2.29. The van der Waals surface area contributed by atoms with E-state index in [0.29, 0.717) is 5.92 Å². The number of nitrogen functional groups attached to an aromatic ring is 1. The Labute approximate surface area is 84.9 Å². The molecule has 0 spiro atoms. The average Bonchev–Trinajstić information content (AvgIpc) is 2.19. The van der Waals surface area contributed by atoms with Crippen LogP contribution in [0.25, 0.3) is 0 Å². The standard InChI is InChI=1S/C11H17N3/c1-14-4-2-9(3-5-14)10-6-11(12)8-13-7-10/h6-9H,2-5,12H2,1H3. The van der Waals surface area contributed by atoms with Crippen LogP contribution in [0, 0.1) is 0 Å². The fraction of sp³-hybridized carbons (Fsp3) is 0.545. The zero-order chi connectivity index (χ0) is 9.97. The van der Waals surface area contributed by atoms with E-state index in [1.807, 2.05) is 6.20 Å². The van der Waals surface area contributed by atoms with Crippen LogP contribution in [-0.4, -0.2) is 30.0 Å². The highest BCUT2D eigenvalue weighted by molar-refractivity contribution is 5.38. The van der Waals surface area contributed by atoms with Gasteiger partial charge < -0.3 is 10.6 Å². The summed E-state index contributed by atoms with van der Waals surface area (Å²) < 4.78 is 0. The Bertz CT molecular complexity index is 303. The van der Waals surface area contributed by atoms with Crippen LogP contribution in [0.3, 0.4) is 0 Å². The van der Waals surface area contributed by atoms with Gasteiger partial charge in [0.25, 0.3) is 0 Å². The van der Waals surface area contributed by atoms with Gasteiger partial charge in [0, 0.05) is 12.4 Å². The summed E-state index contributed by atoms with van der Waals surface area (Å²) in [6.45, 7) is 2.36. The maximum absolute atomic E-state index is 5.72. The predicted molar refractivity (Wildman–Crippen MR) is 58.1 cm³/mol. The molecule has 0 bridgehead atoms. The molecule has 2 N–H and O–H groups in total. The first kappa shape index (κ1) is 9.46. The van der Waals surface area contributed by atoms with E-state index in [0.717, 1.165) is 5.69 Å². The third kappa shape index (κ3) is 2.04. The number of aromatic nitrogens is 1. The van der Waals surface area contributed by atoms with Crippen molar-refractivity contribution < 1.29 is 0 Å². The van der Waals surface area contributed by atoms with E-state index in [1.165, 1.54) is 31.5 Å². The third-order valence-corrected chi connectivity index (χ3v) is 2.97. The van der Waals surface area contributed by atoms with Gasteiger partial charge in [-0.15, -0.1) is 0 Å². The van der Waals surface area contributed by atoms with E-state index in [1.54, 1.807) is 6.20 Å². The molecule has 0 aliphatic carbocycles. The summed E-state index contributed by atoms with van der Waals surface area (Å²) in [5, 5.41) is 0. The molecule has 0 atom stereocenters. The summed E-state index contributed by atoms with van der Waals surface area (Å²) in [6.07, 6.45) is 6.11. The van der Waals surface area contributed by atoms with Crippen LogP contribution in [0.1, 0.15) is 24.3 Å². The summed E-state index contributed by atoms with van der Waals surface area (Å²) >= 11 is 0. The number of anilines is 1. The van der Waals surface area contributed by atoms with Crippen LogP contribution in [0.15, 0.2) is 18.5 Å². The lowest BCUT2D eigenvalue weighted by atomic mass is 9.90. The van der Waals surface area contributed by atoms with Crippen LogP contribution in [-0.2, 0) is 0 Å². The number of likely N-dealkylation sites (tertiary alicyclic amines) is 1. The molecule has 0 saturated carbocycles. The second-order valence-electron chi connectivity index (χ2n) is 4.13. The highest BCUT2D eigenvalue weighted by atomic mass is 15.1. The van der Waals surface area contributed by atoms with E-state index in [9.17, 15) is 0 Å². The van der Waals surface area contributed by atoms with Crippen molar-refractivity contribution in [3.05, 3.63) is 24.0 Å². The maximum atomic E-state index is 5.72. The molecule has 1 aliphatic heterocycles. The lowest BCUT2D eigenvalue weighted by molar-refractivity contribution is 0.255. The van der Waals surface area contributed by atoms with Gasteiger partial charge in [-0.1, -0.05) is 0 Å². The Balaban J connectivity index is 2.08. The number of hydrogen-bond donors (Lipinski definition) is 1. The van der Waals surface area contributed by atoms with Crippen LogP contribution in [0.2, 0.25) is 0 Å². The van der Waals surface area contributed by atoms with Gasteiger partial charge in [-0.05, 0) is 50.5 Å². The number of rotatable bonds is 1. The third-order valence-electron chi connectivity index (χ3n) is 2.97. The summed E-state index contributed by atoms with van der Waals surface area (Å²) in [6, 6.07) is 2.06. The smallest absolute Gasteiger partial charge is 0.0503 e. The Morgan fingerprint density at radius 1 is 1.36 bits per heavy atom. The quantitative estimate of drug-likeness (QED) is 0.731. The van der Waals surface area contributed by atoms with Crippen LogP contribution < -0.4 is 5.73 Å². The predicted octanol–water partition coefficient (Wildman–Crippen LogP) is 1.47. The molecular formula is C11H17N3. The van der Waals surface area contributed by atoms with Gasteiger partial charge in [0.05, 0.1) is 5.69 Å². The molecule has 2 rings (SSSR count). The van der Waals surface area contributed by atoms with Crippen molar-refractivity contribution in [2.24, 2.45) is 0 Å². The van der Waals surface area contributed by atoms with E-state index in [-0.39, 0.29) is 0 Å². The van der Waals surface area contributed by atoms with E-state index < -0.39 is 0 Å². The van der Waals surface area contributed by atoms with Gasteiger partial charge in [-0.25, -0.2) is 0 Å². The number of piperidine rings is 1. The number of nitrogens with zero attached hydrogens (tertiary/aromatic N) is 2. The van der Waals surface area contributed by atoms with Gasteiger partial charge in [0.1, 0.15) is 0 Å². The average molecular weight is 191 g/mol. The monoisotopic (exact) mass is 191 g/mol. The molecule has 0 radical (unpaired) electrons. The van der Waals surface area contributed by atoms with Crippen LogP contribution >= 0.6 is 0 Å². The fourth-order valence-corrected chi connectivity index (χ4v) is 2.04. The van der Waals surface area contributed by atoms with E-state index in [4.69, 9.17) is 5.73 Å². The molecule has 0 unspecified atom stereocenters. The largest absolute Gasteiger partial charge is 0.397 e. The summed E-state index contributed by atoms with van der Waals surface area (Å²) in [5.74, 6) is 0.655.